The van der Waals surface area contributed by atoms with Crippen molar-refractivity contribution in [1.29, 1.82) is 5.26 Å². The van der Waals surface area contributed by atoms with E-state index in [1.54, 1.807) is 0 Å². The summed E-state index contributed by atoms with van der Waals surface area (Å²) in [5.74, 6) is -0.752. The fourth-order valence-corrected chi connectivity index (χ4v) is 3.88. The number of aryl methyl sites for hydroxylation is 1. The van der Waals surface area contributed by atoms with E-state index in [-0.39, 0.29) is 16.1 Å². The van der Waals surface area contributed by atoms with Crippen LogP contribution in [0.2, 0.25) is 5.02 Å². The first-order chi connectivity index (χ1) is 14.1. The Labute approximate surface area is 173 Å². The SMILES string of the molecule is Cc1ccccc1C(C#N)c1c(Cl)cnn(Cc2cccc3ccccc23)c1=O. The summed E-state index contributed by atoms with van der Waals surface area (Å²) in [5.41, 5.74) is 2.61. The van der Waals surface area contributed by atoms with E-state index in [1.807, 2.05) is 73.7 Å². The Morgan fingerprint density at radius 1 is 1.07 bits per heavy atom. The Morgan fingerprint density at radius 2 is 1.79 bits per heavy atom. The van der Waals surface area contributed by atoms with Crippen molar-refractivity contribution in [3.05, 3.63) is 111 Å². The third-order valence-corrected chi connectivity index (χ3v) is 5.45. The van der Waals surface area contributed by atoms with Crippen molar-refractivity contribution in [2.45, 2.75) is 19.4 Å². The van der Waals surface area contributed by atoms with Gasteiger partial charge in [0.2, 0.25) is 0 Å². The molecule has 1 atom stereocenters. The fourth-order valence-electron chi connectivity index (χ4n) is 3.65. The third kappa shape index (κ3) is 3.53. The minimum absolute atomic E-state index is 0.207. The van der Waals surface area contributed by atoms with E-state index in [4.69, 9.17) is 11.6 Å². The van der Waals surface area contributed by atoms with Gasteiger partial charge in [-0.15, -0.1) is 0 Å². The van der Waals surface area contributed by atoms with Crippen LogP contribution in [0.25, 0.3) is 10.8 Å². The number of nitrogens with zero attached hydrogens (tertiary/aromatic N) is 3. The first-order valence-electron chi connectivity index (χ1n) is 9.27. The molecule has 0 amide bonds. The van der Waals surface area contributed by atoms with Gasteiger partial charge >= 0.3 is 0 Å². The molecule has 0 aliphatic heterocycles. The molecular formula is C24H18ClN3O. The molecule has 142 valence electrons. The molecular weight excluding hydrogens is 382 g/mol. The predicted molar refractivity (Wildman–Crippen MR) is 115 cm³/mol. The zero-order valence-electron chi connectivity index (χ0n) is 15.8. The maximum Gasteiger partial charge on any atom is 0.273 e. The van der Waals surface area contributed by atoms with Crippen molar-refractivity contribution in [1.82, 2.24) is 9.78 Å². The molecule has 0 saturated carbocycles. The highest BCUT2D eigenvalue weighted by molar-refractivity contribution is 6.31. The zero-order valence-corrected chi connectivity index (χ0v) is 16.6. The minimum Gasteiger partial charge on any atom is -0.267 e. The van der Waals surface area contributed by atoms with E-state index < -0.39 is 5.92 Å². The monoisotopic (exact) mass is 399 g/mol. The Bertz CT molecular complexity index is 1300. The Kier molecular flexibility index (Phi) is 5.16. The van der Waals surface area contributed by atoms with Gasteiger partial charge in [0.15, 0.2) is 0 Å². The minimum atomic E-state index is -0.752. The molecule has 1 aromatic heterocycles. The maximum atomic E-state index is 13.3. The lowest BCUT2D eigenvalue weighted by Crippen LogP contribution is -2.28. The second-order valence-corrected chi connectivity index (χ2v) is 7.33. The van der Waals surface area contributed by atoms with E-state index in [0.717, 1.165) is 27.5 Å². The molecule has 0 fully saturated rings. The van der Waals surface area contributed by atoms with Crippen LogP contribution in [0.1, 0.15) is 28.2 Å². The van der Waals surface area contributed by atoms with E-state index >= 15 is 0 Å². The number of fused-ring (bicyclic) bond motifs is 1. The molecule has 0 saturated heterocycles. The molecule has 0 aliphatic carbocycles. The number of halogens is 1. The van der Waals surface area contributed by atoms with Crippen molar-refractivity contribution in [2.24, 2.45) is 0 Å². The lowest BCUT2D eigenvalue weighted by Gasteiger charge is -2.15. The Balaban J connectivity index is 1.83. The second kappa shape index (κ2) is 7.90. The van der Waals surface area contributed by atoms with Crippen LogP contribution in [0.5, 0.6) is 0 Å². The standard InChI is InChI=1S/C24H18ClN3O/c1-16-7-2-4-11-19(16)21(13-26)23-22(25)14-27-28(24(23)29)15-18-10-6-9-17-8-3-5-12-20(17)18/h2-12,14,21H,15H2,1H3. The third-order valence-electron chi connectivity index (χ3n) is 5.15. The molecule has 0 aliphatic rings. The van der Waals surface area contributed by atoms with Crippen molar-refractivity contribution in [3.8, 4) is 6.07 Å². The topological polar surface area (TPSA) is 58.7 Å². The van der Waals surface area contributed by atoms with Crippen LogP contribution in [0.4, 0.5) is 0 Å². The molecule has 0 N–H and O–H groups in total. The summed E-state index contributed by atoms with van der Waals surface area (Å²) in [5, 5.41) is 16.5. The molecule has 1 heterocycles. The maximum absolute atomic E-state index is 13.3. The molecule has 4 rings (SSSR count). The molecule has 0 bridgehead atoms. The van der Waals surface area contributed by atoms with Crippen LogP contribution >= 0.6 is 11.6 Å². The molecule has 29 heavy (non-hydrogen) atoms. The summed E-state index contributed by atoms with van der Waals surface area (Å²) in [6.07, 6.45) is 1.45. The number of nitriles is 1. The zero-order chi connectivity index (χ0) is 20.4. The van der Waals surface area contributed by atoms with Crippen LogP contribution in [0, 0.1) is 18.3 Å². The van der Waals surface area contributed by atoms with Crippen molar-refractivity contribution >= 4 is 22.4 Å². The number of benzene rings is 3. The number of hydrogen-bond donors (Lipinski definition) is 0. The summed E-state index contributed by atoms with van der Waals surface area (Å²) in [4.78, 5) is 13.3. The van der Waals surface area contributed by atoms with Gasteiger partial charge < -0.3 is 0 Å². The fraction of sp³-hybridized carbons (Fsp3) is 0.125. The van der Waals surface area contributed by atoms with Gasteiger partial charge in [-0.05, 0) is 34.4 Å². The summed E-state index contributed by atoms with van der Waals surface area (Å²) < 4.78 is 1.38. The summed E-state index contributed by atoms with van der Waals surface area (Å²) >= 11 is 6.35. The van der Waals surface area contributed by atoms with Crippen molar-refractivity contribution in [3.63, 3.8) is 0 Å². The molecule has 0 radical (unpaired) electrons. The number of rotatable bonds is 4. The van der Waals surface area contributed by atoms with E-state index in [9.17, 15) is 10.1 Å². The largest absolute Gasteiger partial charge is 0.273 e. The van der Waals surface area contributed by atoms with E-state index in [0.29, 0.717) is 6.54 Å². The summed E-state index contributed by atoms with van der Waals surface area (Å²) in [7, 11) is 0. The van der Waals surface area contributed by atoms with Crippen LogP contribution < -0.4 is 5.56 Å². The highest BCUT2D eigenvalue weighted by Gasteiger charge is 2.23. The van der Waals surface area contributed by atoms with Gasteiger partial charge in [-0.3, -0.25) is 4.79 Å². The van der Waals surface area contributed by atoms with Crippen molar-refractivity contribution in [2.75, 3.05) is 0 Å². The summed E-state index contributed by atoms with van der Waals surface area (Å²) in [6, 6.07) is 23.8. The van der Waals surface area contributed by atoms with Crippen LogP contribution in [0.15, 0.2) is 77.7 Å². The average molecular weight is 400 g/mol. The van der Waals surface area contributed by atoms with Crippen LogP contribution in [0.3, 0.4) is 0 Å². The first-order valence-corrected chi connectivity index (χ1v) is 9.65. The van der Waals surface area contributed by atoms with Crippen LogP contribution in [-0.2, 0) is 6.54 Å². The molecule has 4 nitrogen and oxygen atoms in total. The van der Waals surface area contributed by atoms with Gasteiger partial charge in [0.1, 0.15) is 5.92 Å². The highest BCUT2D eigenvalue weighted by Crippen LogP contribution is 2.29. The summed E-state index contributed by atoms with van der Waals surface area (Å²) in [6.45, 7) is 2.22. The average Bonchev–Trinajstić information content (AvgIpc) is 2.74. The molecule has 1 unspecified atom stereocenters. The van der Waals surface area contributed by atoms with E-state index in [2.05, 4.69) is 11.2 Å². The molecule has 3 aromatic carbocycles. The van der Waals surface area contributed by atoms with Gasteiger partial charge in [0, 0.05) is 0 Å². The molecule has 4 aromatic rings. The Hall–Kier alpha value is -3.42. The van der Waals surface area contributed by atoms with Gasteiger partial charge in [-0.2, -0.15) is 10.4 Å². The molecule has 5 heteroatoms. The normalized spacial score (nSPS) is 11.9. The lowest BCUT2D eigenvalue weighted by atomic mass is 9.90. The van der Waals surface area contributed by atoms with Gasteiger partial charge in [0.25, 0.3) is 5.56 Å². The molecule has 0 spiro atoms. The van der Waals surface area contributed by atoms with Crippen LogP contribution in [-0.4, -0.2) is 9.78 Å². The van der Waals surface area contributed by atoms with Crippen molar-refractivity contribution < 1.29 is 0 Å². The van der Waals surface area contributed by atoms with Gasteiger partial charge in [0.05, 0.1) is 29.4 Å². The highest BCUT2D eigenvalue weighted by atomic mass is 35.5. The quantitative estimate of drug-likeness (QED) is 0.481. The second-order valence-electron chi connectivity index (χ2n) is 6.93. The first kappa shape index (κ1) is 18.9. The van der Waals surface area contributed by atoms with E-state index in [1.165, 1.54) is 10.9 Å². The predicted octanol–water partition coefficient (Wildman–Crippen LogP) is 5.06. The number of hydrogen-bond acceptors (Lipinski definition) is 3. The number of aromatic nitrogens is 2. The smallest absolute Gasteiger partial charge is 0.267 e. The lowest BCUT2D eigenvalue weighted by molar-refractivity contribution is 0.630. The van der Waals surface area contributed by atoms with Gasteiger partial charge in [-0.25, -0.2) is 4.68 Å². The Morgan fingerprint density at radius 3 is 2.59 bits per heavy atom. The van der Waals surface area contributed by atoms with Gasteiger partial charge in [-0.1, -0.05) is 78.3 Å².